The third kappa shape index (κ3) is 4.28. The second-order valence-corrected chi connectivity index (χ2v) is 6.15. The van der Waals surface area contributed by atoms with Gasteiger partial charge in [-0.3, -0.25) is 4.79 Å². The predicted molar refractivity (Wildman–Crippen MR) is 78.8 cm³/mol. The summed E-state index contributed by atoms with van der Waals surface area (Å²) >= 11 is 3.35. The number of aryl methyl sites for hydroxylation is 1. The van der Waals surface area contributed by atoms with Crippen LogP contribution < -0.4 is 5.32 Å². The van der Waals surface area contributed by atoms with Crippen LogP contribution in [0.15, 0.2) is 22.7 Å². The highest BCUT2D eigenvalue weighted by molar-refractivity contribution is 9.10. The Labute approximate surface area is 126 Å². The molecule has 3 nitrogen and oxygen atoms in total. The average molecular weight is 344 g/mol. The standard InChI is InChI=1S/C15H19BrFNO2/c16-13-6-5-12(17)8-10(13)4-7-15(20)18-9-11-2-1-3-14(11)19/h5-6,8,11,14,19H,1-4,7,9H2,(H,18,20)/t11-,14+/m0/s1. The lowest BCUT2D eigenvalue weighted by Crippen LogP contribution is -2.32. The first-order valence-electron chi connectivity index (χ1n) is 6.95. The van der Waals surface area contributed by atoms with Gasteiger partial charge in [-0.15, -0.1) is 0 Å². The van der Waals surface area contributed by atoms with E-state index in [9.17, 15) is 14.3 Å². The molecular weight excluding hydrogens is 325 g/mol. The monoisotopic (exact) mass is 343 g/mol. The third-order valence-electron chi connectivity index (χ3n) is 3.81. The molecule has 2 rings (SSSR count). The molecule has 1 aromatic rings. The lowest BCUT2D eigenvalue weighted by atomic mass is 10.1. The van der Waals surface area contributed by atoms with E-state index in [0.29, 0.717) is 19.4 Å². The third-order valence-corrected chi connectivity index (χ3v) is 4.58. The highest BCUT2D eigenvalue weighted by Crippen LogP contribution is 2.24. The van der Waals surface area contributed by atoms with Gasteiger partial charge in [-0.05, 0) is 43.0 Å². The molecule has 1 aromatic carbocycles. The van der Waals surface area contributed by atoms with Gasteiger partial charge in [0.2, 0.25) is 5.91 Å². The number of aliphatic hydroxyl groups excluding tert-OH is 1. The predicted octanol–water partition coefficient (Wildman–Crippen LogP) is 2.80. The summed E-state index contributed by atoms with van der Waals surface area (Å²) in [6, 6.07) is 4.48. The van der Waals surface area contributed by atoms with Gasteiger partial charge in [-0.1, -0.05) is 22.4 Å². The summed E-state index contributed by atoms with van der Waals surface area (Å²) in [5, 5.41) is 12.5. The molecule has 0 saturated heterocycles. The zero-order valence-corrected chi connectivity index (χ0v) is 12.8. The molecule has 0 bridgehead atoms. The van der Waals surface area contributed by atoms with Gasteiger partial charge in [0, 0.05) is 23.4 Å². The molecule has 1 aliphatic carbocycles. The van der Waals surface area contributed by atoms with Crippen LogP contribution in [0.4, 0.5) is 4.39 Å². The minimum Gasteiger partial charge on any atom is -0.393 e. The van der Waals surface area contributed by atoms with Crippen LogP contribution in [0.1, 0.15) is 31.2 Å². The van der Waals surface area contributed by atoms with Crippen LogP contribution in [0.3, 0.4) is 0 Å². The van der Waals surface area contributed by atoms with E-state index in [1.54, 1.807) is 6.07 Å². The summed E-state index contributed by atoms with van der Waals surface area (Å²) in [5.41, 5.74) is 0.793. The fourth-order valence-electron chi connectivity index (χ4n) is 2.57. The van der Waals surface area contributed by atoms with Gasteiger partial charge in [0.15, 0.2) is 0 Å². The van der Waals surface area contributed by atoms with E-state index in [0.717, 1.165) is 29.3 Å². The van der Waals surface area contributed by atoms with Crippen LogP contribution in [0.2, 0.25) is 0 Å². The molecule has 110 valence electrons. The van der Waals surface area contributed by atoms with E-state index < -0.39 is 0 Å². The van der Waals surface area contributed by atoms with Crippen molar-refractivity contribution in [2.75, 3.05) is 6.54 Å². The van der Waals surface area contributed by atoms with Crippen molar-refractivity contribution < 1.29 is 14.3 Å². The molecule has 1 fully saturated rings. The van der Waals surface area contributed by atoms with E-state index in [2.05, 4.69) is 21.2 Å². The second kappa shape index (κ2) is 7.18. The molecular formula is C15H19BrFNO2. The molecule has 0 radical (unpaired) electrons. The van der Waals surface area contributed by atoms with Crippen molar-refractivity contribution in [2.24, 2.45) is 5.92 Å². The molecule has 0 unspecified atom stereocenters. The van der Waals surface area contributed by atoms with E-state index in [1.165, 1.54) is 12.1 Å². The fourth-order valence-corrected chi connectivity index (χ4v) is 3.02. The molecule has 1 saturated carbocycles. The highest BCUT2D eigenvalue weighted by Gasteiger charge is 2.25. The van der Waals surface area contributed by atoms with E-state index in [-0.39, 0.29) is 23.7 Å². The van der Waals surface area contributed by atoms with Gasteiger partial charge >= 0.3 is 0 Å². The number of rotatable bonds is 5. The first kappa shape index (κ1) is 15.4. The van der Waals surface area contributed by atoms with Gasteiger partial charge in [0.25, 0.3) is 0 Å². The number of carbonyl (C=O) groups excluding carboxylic acids is 1. The Balaban J connectivity index is 1.76. The number of halogens is 2. The summed E-state index contributed by atoms with van der Waals surface area (Å²) < 4.78 is 13.9. The molecule has 20 heavy (non-hydrogen) atoms. The van der Waals surface area contributed by atoms with Gasteiger partial charge < -0.3 is 10.4 Å². The highest BCUT2D eigenvalue weighted by atomic mass is 79.9. The summed E-state index contributed by atoms with van der Waals surface area (Å²) in [6.07, 6.45) is 3.36. The van der Waals surface area contributed by atoms with Crippen molar-refractivity contribution >= 4 is 21.8 Å². The van der Waals surface area contributed by atoms with Crippen molar-refractivity contribution in [3.05, 3.63) is 34.1 Å². The number of carbonyl (C=O) groups is 1. The maximum Gasteiger partial charge on any atom is 0.220 e. The van der Waals surface area contributed by atoms with Crippen LogP contribution in [-0.4, -0.2) is 23.7 Å². The fraction of sp³-hybridized carbons (Fsp3) is 0.533. The van der Waals surface area contributed by atoms with E-state index >= 15 is 0 Å². The first-order valence-corrected chi connectivity index (χ1v) is 7.74. The van der Waals surface area contributed by atoms with Crippen molar-refractivity contribution in [3.8, 4) is 0 Å². The average Bonchev–Trinajstić information content (AvgIpc) is 2.83. The number of nitrogens with one attached hydrogen (secondary N) is 1. The number of amides is 1. The summed E-state index contributed by atoms with van der Waals surface area (Å²) in [5.74, 6) is -0.169. The van der Waals surface area contributed by atoms with Crippen LogP contribution >= 0.6 is 15.9 Å². The van der Waals surface area contributed by atoms with Crippen molar-refractivity contribution in [1.82, 2.24) is 5.32 Å². The smallest absolute Gasteiger partial charge is 0.220 e. The Morgan fingerprint density at radius 3 is 2.95 bits per heavy atom. The topological polar surface area (TPSA) is 49.3 Å². The molecule has 0 aliphatic heterocycles. The Bertz CT molecular complexity index is 481. The van der Waals surface area contributed by atoms with Gasteiger partial charge in [0.05, 0.1) is 6.10 Å². The van der Waals surface area contributed by atoms with Crippen LogP contribution in [-0.2, 0) is 11.2 Å². The van der Waals surface area contributed by atoms with Crippen LogP contribution in [0, 0.1) is 11.7 Å². The zero-order valence-electron chi connectivity index (χ0n) is 11.2. The molecule has 2 atom stereocenters. The zero-order chi connectivity index (χ0) is 14.5. The molecule has 0 heterocycles. The van der Waals surface area contributed by atoms with Gasteiger partial charge in [-0.2, -0.15) is 0 Å². The summed E-state index contributed by atoms with van der Waals surface area (Å²) in [6.45, 7) is 0.532. The maximum absolute atomic E-state index is 13.1. The lowest BCUT2D eigenvalue weighted by molar-refractivity contribution is -0.121. The summed E-state index contributed by atoms with van der Waals surface area (Å²) in [4.78, 5) is 11.8. The minimum atomic E-state index is -0.294. The summed E-state index contributed by atoms with van der Waals surface area (Å²) in [7, 11) is 0. The van der Waals surface area contributed by atoms with E-state index in [4.69, 9.17) is 0 Å². The Kier molecular flexibility index (Phi) is 5.54. The molecule has 0 spiro atoms. The molecule has 1 aliphatic rings. The first-order chi connectivity index (χ1) is 9.56. The molecule has 1 amide bonds. The van der Waals surface area contributed by atoms with Crippen molar-refractivity contribution in [1.29, 1.82) is 0 Å². The lowest BCUT2D eigenvalue weighted by Gasteiger charge is -2.15. The van der Waals surface area contributed by atoms with Crippen LogP contribution in [0.25, 0.3) is 0 Å². The van der Waals surface area contributed by atoms with E-state index in [1.807, 2.05) is 0 Å². The number of benzene rings is 1. The van der Waals surface area contributed by atoms with Gasteiger partial charge in [0.1, 0.15) is 5.82 Å². The maximum atomic E-state index is 13.1. The largest absolute Gasteiger partial charge is 0.393 e. The SMILES string of the molecule is O=C(CCc1cc(F)ccc1Br)NC[C@@H]1CCC[C@H]1O. The quantitative estimate of drug-likeness (QED) is 0.863. The minimum absolute atomic E-state index is 0.0553. The van der Waals surface area contributed by atoms with Crippen molar-refractivity contribution in [3.63, 3.8) is 0 Å². The van der Waals surface area contributed by atoms with Gasteiger partial charge in [-0.25, -0.2) is 4.39 Å². The Morgan fingerprint density at radius 2 is 2.25 bits per heavy atom. The van der Waals surface area contributed by atoms with Crippen molar-refractivity contribution in [2.45, 2.75) is 38.2 Å². The van der Waals surface area contributed by atoms with Crippen LogP contribution in [0.5, 0.6) is 0 Å². The number of hydrogen-bond donors (Lipinski definition) is 2. The number of aliphatic hydroxyl groups is 1. The Hall–Kier alpha value is -0.940. The number of hydrogen-bond acceptors (Lipinski definition) is 2. The normalized spacial score (nSPS) is 21.9. The molecule has 5 heteroatoms. The Morgan fingerprint density at radius 1 is 1.45 bits per heavy atom. The molecule has 0 aromatic heterocycles. The molecule has 2 N–H and O–H groups in total. The second-order valence-electron chi connectivity index (χ2n) is 5.30.